The third-order valence-corrected chi connectivity index (χ3v) is 4.47. The van der Waals surface area contributed by atoms with Gasteiger partial charge in [0, 0.05) is 33.4 Å². The number of carbonyl (C=O) groups excluding carboxylic acids is 1. The predicted molar refractivity (Wildman–Crippen MR) is 100 cm³/mol. The van der Waals surface area contributed by atoms with Crippen molar-refractivity contribution < 1.29 is 28.5 Å². The molecule has 1 heterocycles. The smallest absolute Gasteiger partial charge is 0.218 e. The first-order valence-corrected chi connectivity index (χ1v) is 10.2. The molecule has 4 atom stereocenters. The van der Waals surface area contributed by atoms with E-state index < -0.39 is 6.29 Å². The summed E-state index contributed by atoms with van der Waals surface area (Å²) in [6.07, 6.45) is 4.40. The number of ketones is 1. The molecule has 0 N–H and O–H groups in total. The van der Waals surface area contributed by atoms with E-state index in [2.05, 4.69) is 20.8 Å². The zero-order chi connectivity index (χ0) is 19.2. The SMILES string of the molecule is CCCCOC[C@H]1O[C@H](OC)C(=O)C[C@@H](OCCCC)[C@@H]1OCCCC. The summed E-state index contributed by atoms with van der Waals surface area (Å²) in [4.78, 5) is 12.5. The topological polar surface area (TPSA) is 63.2 Å². The van der Waals surface area contributed by atoms with Crippen LogP contribution in [0.25, 0.3) is 0 Å². The Morgan fingerprint density at radius 1 is 0.962 bits per heavy atom. The van der Waals surface area contributed by atoms with Gasteiger partial charge in [-0.25, -0.2) is 0 Å². The van der Waals surface area contributed by atoms with Crippen LogP contribution in [0.15, 0.2) is 0 Å². The van der Waals surface area contributed by atoms with E-state index >= 15 is 0 Å². The van der Waals surface area contributed by atoms with Gasteiger partial charge >= 0.3 is 0 Å². The molecule has 0 aromatic heterocycles. The number of Topliss-reactive ketones (excluding diaryl/α,β-unsaturated/α-hetero) is 1. The molecule has 6 heteroatoms. The van der Waals surface area contributed by atoms with E-state index in [9.17, 15) is 4.79 Å². The number of rotatable bonds is 14. The average molecular weight is 375 g/mol. The Morgan fingerprint density at radius 2 is 1.58 bits per heavy atom. The second-order valence-corrected chi connectivity index (χ2v) is 6.79. The number of ether oxygens (including phenoxy) is 5. The molecule has 0 saturated carbocycles. The molecule has 0 aromatic carbocycles. The molecule has 0 aliphatic carbocycles. The van der Waals surface area contributed by atoms with Crippen LogP contribution in [0.4, 0.5) is 0 Å². The highest BCUT2D eigenvalue weighted by atomic mass is 16.7. The van der Waals surface area contributed by atoms with Crippen molar-refractivity contribution >= 4 is 5.78 Å². The molecule has 6 nitrogen and oxygen atoms in total. The Kier molecular flexibility index (Phi) is 13.1. The van der Waals surface area contributed by atoms with Crippen molar-refractivity contribution in [2.75, 3.05) is 33.5 Å². The Hall–Kier alpha value is -0.530. The number of methoxy groups -OCH3 is 1. The quantitative estimate of drug-likeness (QED) is 0.434. The molecular weight excluding hydrogens is 336 g/mol. The minimum Gasteiger partial charge on any atom is -0.379 e. The van der Waals surface area contributed by atoms with Crippen LogP contribution in [0.3, 0.4) is 0 Å². The van der Waals surface area contributed by atoms with Crippen molar-refractivity contribution in [1.82, 2.24) is 0 Å². The predicted octanol–water partition coefficient (Wildman–Crippen LogP) is 3.50. The lowest BCUT2D eigenvalue weighted by atomic mass is 10.0. The number of hydrogen-bond acceptors (Lipinski definition) is 6. The van der Waals surface area contributed by atoms with Crippen LogP contribution >= 0.6 is 0 Å². The number of unbranched alkanes of at least 4 members (excludes halogenated alkanes) is 3. The van der Waals surface area contributed by atoms with Gasteiger partial charge in [-0.2, -0.15) is 0 Å². The first-order chi connectivity index (χ1) is 12.7. The monoisotopic (exact) mass is 374 g/mol. The average Bonchev–Trinajstić information content (AvgIpc) is 2.76. The summed E-state index contributed by atoms with van der Waals surface area (Å²) in [5, 5.41) is 0. The van der Waals surface area contributed by atoms with Crippen LogP contribution in [0.5, 0.6) is 0 Å². The van der Waals surface area contributed by atoms with Crippen LogP contribution in [0.2, 0.25) is 0 Å². The van der Waals surface area contributed by atoms with Crippen molar-refractivity contribution in [1.29, 1.82) is 0 Å². The molecule has 0 amide bonds. The maximum atomic E-state index is 12.5. The van der Waals surface area contributed by atoms with Crippen molar-refractivity contribution in [3.8, 4) is 0 Å². The third-order valence-electron chi connectivity index (χ3n) is 4.47. The number of hydrogen-bond donors (Lipinski definition) is 0. The first kappa shape index (κ1) is 23.5. The van der Waals surface area contributed by atoms with Gasteiger partial charge in [0.2, 0.25) is 6.29 Å². The maximum absolute atomic E-state index is 12.5. The number of carbonyl (C=O) groups is 1. The first-order valence-electron chi connectivity index (χ1n) is 10.2. The molecule has 0 spiro atoms. The summed E-state index contributed by atoms with van der Waals surface area (Å²) in [6, 6.07) is 0. The van der Waals surface area contributed by atoms with E-state index in [1.165, 1.54) is 7.11 Å². The molecule has 26 heavy (non-hydrogen) atoms. The third kappa shape index (κ3) is 8.44. The zero-order valence-corrected chi connectivity index (χ0v) is 17.0. The normalized spacial score (nSPS) is 26.8. The van der Waals surface area contributed by atoms with E-state index in [0.717, 1.165) is 38.5 Å². The fourth-order valence-corrected chi connectivity index (χ4v) is 2.84. The minimum absolute atomic E-state index is 0.103. The van der Waals surface area contributed by atoms with Gasteiger partial charge in [-0.3, -0.25) is 4.79 Å². The van der Waals surface area contributed by atoms with E-state index in [-0.39, 0.29) is 30.5 Å². The lowest BCUT2D eigenvalue weighted by Gasteiger charge is -2.31. The standard InChI is InChI=1S/C20H38O6/c1-5-8-11-23-15-18-19(25-13-10-7-3)17(24-12-9-6-2)14-16(21)20(22-4)26-18/h17-20H,5-15H2,1-4H3/t17-,18-,19+,20+/m1/s1. The van der Waals surface area contributed by atoms with Crippen LogP contribution in [0, 0.1) is 0 Å². The van der Waals surface area contributed by atoms with Gasteiger partial charge in [-0.15, -0.1) is 0 Å². The second-order valence-electron chi connectivity index (χ2n) is 6.79. The lowest BCUT2D eigenvalue weighted by molar-refractivity contribution is -0.202. The molecular formula is C20H38O6. The molecule has 154 valence electrons. The van der Waals surface area contributed by atoms with Gasteiger partial charge < -0.3 is 23.7 Å². The second kappa shape index (κ2) is 14.5. The van der Waals surface area contributed by atoms with Gasteiger partial charge in [0.25, 0.3) is 0 Å². The van der Waals surface area contributed by atoms with E-state index in [1.807, 2.05) is 0 Å². The van der Waals surface area contributed by atoms with Crippen molar-refractivity contribution in [2.45, 2.75) is 90.3 Å². The van der Waals surface area contributed by atoms with Crippen LogP contribution in [-0.2, 0) is 28.5 Å². The fraction of sp³-hybridized carbons (Fsp3) is 0.950. The summed E-state index contributed by atoms with van der Waals surface area (Å²) >= 11 is 0. The summed E-state index contributed by atoms with van der Waals surface area (Å²) < 4.78 is 29.1. The molecule has 1 rings (SSSR count). The largest absolute Gasteiger partial charge is 0.379 e. The Morgan fingerprint density at radius 3 is 2.19 bits per heavy atom. The highest BCUT2D eigenvalue weighted by Gasteiger charge is 2.41. The summed E-state index contributed by atoms with van der Waals surface area (Å²) in [5.74, 6) is -0.103. The van der Waals surface area contributed by atoms with E-state index in [4.69, 9.17) is 23.7 Å². The van der Waals surface area contributed by atoms with Crippen LogP contribution in [0.1, 0.15) is 65.7 Å². The van der Waals surface area contributed by atoms with Gasteiger partial charge in [0.05, 0.1) is 12.7 Å². The van der Waals surface area contributed by atoms with Crippen molar-refractivity contribution in [3.63, 3.8) is 0 Å². The Bertz CT molecular complexity index is 362. The summed E-state index contributed by atoms with van der Waals surface area (Å²) in [6.45, 7) is 8.64. The van der Waals surface area contributed by atoms with Crippen molar-refractivity contribution in [2.24, 2.45) is 0 Å². The fourth-order valence-electron chi connectivity index (χ4n) is 2.84. The van der Waals surface area contributed by atoms with Crippen LogP contribution < -0.4 is 0 Å². The lowest BCUT2D eigenvalue weighted by Crippen LogP contribution is -2.44. The Labute approximate surface area is 158 Å². The summed E-state index contributed by atoms with van der Waals surface area (Å²) in [7, 11) is 1.49. The summed E-state index contributed by atoms with van der Waals surface area (Å²) in [5.41, 5.74) is 0. The van der Waals surface area contributed by atoms with Gasteiger partial charge in [0.1, 0.15) is 12.2 Å². The zero-order valence-electron chi connectivity index (χ0n) is 17.0. The molecule has 1 aliphatic rings. The molecule has 0 radical (unpaired) electrons. The maximum Gasteiger partial charge on any atom is 0.218 e. The van der Waals surface area contributed by atoms with Gasteiger partial charge in [0.15, 0.2) is 5.78 Å². The molecule has 1 aliphatic heterocycles. The Balaban J connectivity index is 2.84. The van der Waals surface area contributed by atoms with Gasteiger partial charge in [-0.1, -0.05) is 40.0 Å². The van der Waals surface area contributed by atoms with E-state index in [0.29, 0.717) is 26.4 Å². The molecule has 0 bridgehead atoms. The van der Waals surface area contributed by atoms with Gasteiger partial charge in [-0.05, 0) is 19.3 Å². The molecule has 1 fully saturated rings. The van der Waals surface area contributed by atoms with E-state index in [1.54, 1.807) is 0 Å². The minimum atomic E-state index is -0.883. The van der Waals surface area contributed by atoms with Crippen LogP contribution in [-0.4, -0.2) is 63.9 Å². The van der Waals surface area contributed by atoms with Crippen molar-refractivity contribution in [3.05, 3.63) is 0 Å². The molecule has 0 aromatic rings. The molecule has 0 unspecified atom stereocenters. The highest BCUT2D eigenvalue weighted by molar-refractivity contribution is 5.82. The highest BCUT2D eigenvalue weighted by Crippen LogP contribution is 2.24. The molecule has 1 saturated heterocycles.